The average molecular weight is 194 g/mol. The van der Waals surface area contributed by atoms with Crippen LogP contribution in [0.1, 0.15) is 59.8 Å². The molecule has 0 spiro atoms. The normalized spacial score (nSPS) is 31.4. The Balaban J connectivity index is 2.56. The highest BCUT2D eigenvalue weighted by atomic mass is 14.4. The summed E-state index contributed by atoms with van der Waals surface area (Å²) < 4.78 is 0. The van der Waals surface area contributed by atoms with Crippen LogP contribution in [0.4, 0.5) is 0 Å². The zero-order chi connectivity index (χ0) is 10.8. The van der Waals surface area contributed by atoms with Gasteiger partial charge in [-0.15, -0.1) is 6.58 Å². The van der Waals surface area contributed by atoms with Gasteiger partial charge in [-0.1, -0.05) is 39.2 Å². The van der Waals surface area contributed by atoms with Crippen molar-refractivity contribution in [1.29, 1.82) is 0 Å². The maximum atomic E-state index is 4.01. The van der Waals surface area contributed by atoms with Gasteiger partial charge in [-0.05, 0) is 43.4 Å². The first-order valence-electron chi connectivity index (χ1n) is 6.08. The van der Waals surface area contributed by atoms with Crippen molar-refractivity contribution in [1.82, 2.24) is 0 Å². The fourth-order valence-corrected chi connectivity index (χ4v) is 3.11. The Kier molecular flexibility index (Phi) is 3.80. The molecule has 1 rings (SSSR count). The molecule has 0 N–H and O–H groups in total. The molecule has 0 aromatic heterocycles. The number of hydrogen-bond donors (Lipinski definition) is 0. The van der Waals surface area contributed by atoms with Crippen LogP contribution in [0, 0.1) is 17.3 Å². The molecule has 1 saturated carbocycles. The molecule has 0 heterocycles. The van der Waals surface area contributed by atoms with E-state index in [0.717, 1.165) is 11.8 Å². The van der Waals surface area contributed by atoms with E-state index in [-0.39, 0.29) is 0 Å². The Morgan fingerprint density at radius 2 is 2.07 bits per heavy atom. The lowest BCUT2D eigenvalue weighted by molar-refractivity contribution is 0.0768. The zero-order valence-corrected chi connectivity index (χ0v) is 10.4. The molecule has 0 bridgehead atoms. The minimum Gasteiger partial charge on any atom is -0.100 e. The molecular weight excluding hydrogens is 168 g/mol. The minimum absolute atomic E-state index is 0.563. The van der Waals surface area contributed by atoms with Crippen molar-refractivity contribution in [2.24, 2.45) is 17.3 Å². The number of hydrogen-bond acceptors (Lipinski definition) is 0. The molecule has 0 saturated heterocycles. The molecule has 0 aromatic rings. The van der Waals surface area contributed by atoms with Crippen LogP contribution in [0.2, 0.25) is 0 Å². The van der Waals surface area contributed by atoms with E-state index in [1.165, 1.54) is 37.7 Å². The highest BCUT2D eigenvalue weighted by Crippen LogP contribution is 2.46. The topological polar surface area (TPSA) is 0 Å². The molecule has 1 fully saturated rings. The Morgan fingerprint density at radius 1 is 1.43 bits per heavy atom. The van der Waals surface area contributed by atoms with Gasteiger partial charge in [0.1, 0.15) is 0 Å². The highest BCUT2D eigenvalue weighted by Gasteiger charge is 2.35. The van der Waals surface area contributed by atoms with Crippen molar-refractivity contribution >= 4 is 0 Å². The summed E-state index contributed by atoms with van der Waals surface area (Å²) in [5.74, 6) is 1.83. The predicted molar refractivity (Wildman–Crippen MR) is 64.3 cm³/mol. The monoisotopic (exact) mass is 194 g/mol. The lowest BCUT2D eigenvalue weighted by Crippen LogP contribution is -2.33. The van der Waals surface area contributed by atoms with Crippen molar-refractivity contribution < 1.29 is 0 Å². The van der Waals surface area contributed by atoms with Gasteiger partial charge >= 0.3 is 0 Å². The molecule has 0 nitrogen and oxygen atoms in total. The van der Waals surface area contributed by atoms with Crippen LogP contribution >= 0.6 is 0 Å². The SMILES string of the molecule is C=C(C)CCC1C(C)CCCC1(C)C. The molecule has 1 aliphatic rings. The Hall–Kier alpha value is -0.260. The second-order valence-corrected chi connectivity index (χ2v) is 5.96. The molecular formula is C14H26. The van der Waals surface area contributed by atoms with Gasteiger partial charge in [-0.3, -0.25) is 0 Å². The summed E-state index contributed by atoms with van der Waals surface area (Å²) in [7, 11) is 0. The Labute approximate surface area is 89.8 Å². The van der Waals surface area contributed by atoms with Crippen molar-refractivity contribution in [2.45, 2.75) is 59.8 Å². The summed E-state index contributed by atoms with van der Waals surface area (Å²) in [6, 6.07) is 0. The van der Waals surface area contributed by atoms with E-state index in [9.17, 15) is 0 Å². The van der Waals surface area contributed by atoms with E-state index in [1.807, 2.05) is 0 Å². The molecule has 2 atom stereocenters. The largest absolute Gasteiger partial charge is 0.100 e. The molecule has 0 radical (unpaired) electrons. The molecule has 0 amide bonds. The van der Waals surface area contributed by atoms with Crippen LogP contribution in [-0.2, 0) is 0 Å². The lowest BCUT2D eigenvalue weighted by Gasteiger charge is -2.43. The third-order valence-electron chi connectivity index (χ3n) is 4.05. The molecule has 0 heteroatoms. The minimum atomic E-state index is 0.563. The van der Waals surface area contributed by atoms with E-state index in [1.54, 1.807) is 0 Å². The van der Waals surface area contributed by atoms with E-state index < -0.39 is 0 Å². The molecule has 0 aliphatic heterocycles. The van der Waals surface area contributed by atoms with Crippen molar-refractivity contribution in [2.75, 3.05) is 0 Å². The first-order chi connectivity index (χ1) is 6.43. The van der Waals surface area contributed by atoms with Gasteiger partial charge in [0.15, 0.2) is 0 Å². The highest BCUT2D eigenvalue weighted by molar-refractivity contribution is 4.93. The van der Waals surface area contributed by atoms with Crippen LogP contribution in [-0.4, -0.2) is 0 Å². The zero-order valence-electron chi connectivity index (χ0n) is 10.4. The predicted octanol–water partition coefficient (Wildman–Crippen LogP) is 4.81. The Bertz CT molecular complexity index is 200. The third-order valence-corrected chi connectivity index (χ3v) is 4.05. The summed E-state index contributed by atoms with van der Waals surface area (Å²) in [5, 5.41) is 0. The van der Waals surface area contributed by atoms with Crippen molar-refractivity contribution in [3.05, 3.63) is 12.2 Å². The van der Waals surface area contributed by atoms with Gasteiger partial charge in [-0.25, -0.2) is 0 Å². The van der Waals surface area contributed by atoms with Gasteiger partial charge in [0.25, 0.3) is 0 Å². The van der Waals surface area contributed by atoms with E-state index >= 15 is 0 Å². The van der Waals surface area contributed by atoms with Gasteiger partial charge < -0.3 is 0 Å². The van der Waals surface area contributed by atoms with Crippen LogP contribution in [0.5, 0.6) is 0 Å². The van der Waals surface area contributed by atoms with E-state index in [2.05, 4.69) is 34.3 Å². The fraction of sp³-hybridized carbons (Fsp3) is 0.857. The standard InChI is InChI=1S/C14H26/c1-11(2)8-9-13-12(3)7-6-10-14(13,4)5/h12-13H,1,6-10H2,2-5H3. The van der Waals surface area contributed by atoms with Crippen LogP contribution < -0.4 is 0 Å². The molecule has 14 heavy (non-hydrogen) atoms. The summed E-state index contributed by atoms with van der Waals surface area (Å²) in [5.41, 5.74) is 1.91. The fourth-order valence-electron chi connectivity index (χ4n) is 3.11. The smallest absolute Gasteiger partial charge is 0.0323 e. The summed E-state index contributed by atoms with van der Waals surface area (Å²) in [6.45, 7) is 13.5. The van der Waals surface area contributed by atoms with Crippen molar-refractivity contribution in [3.63, 3.8) is 0 Å². The average Bonchev–Trinajstić information content (AvgIpc) is 2.01. The van der Waals surface area contributed by atoms with Crippen LogP contribution in [0.15, 0.2) is 12.2 Å². The molecule has 2 unspecified atom stereocenters. The quantitative estimate of drug-likeness (QED) is 0.566. The first kappa shape index (κ1) is 11.8. The molecule has 0 aromatic carbocycles. The second-order valence-electron chi connectivity index (χ2n) is 5.96. The van der Waals surface area contributed by atoms with E-state index in [0.29, 0.717) is 5.41 Å². The van der Waals surface area contributed by atoms with E-state index in [4.69, 9.17) is 0 Å². The van der Waals surface area contributed by atoms with Gasteiger partial charge in [0.05, 0.1) is 0 Å². The number of rotatable bonds is 3. The first-order valence-corrected chi connectivity index (χ1v) is 6.08. The van der Waals surface area contributed by atoms with Gasteiger partial charge in [0, 0.05) is 0 Å². The van der Waals surface area contributed by atoms with Crippen LogP contribution in [0.3, 0.4) is 0 Å². The van der Waals surface area contributed by atoms with Crippen molar-refractivity contribution in [3.8, 4) is 0 Å². The third kappa shape index (κ3) is 2.87. The summed E-state index contributed by atoms with van der Waals surface area (Å²) in [6.07, 6.45) is 6.85. The molecule has 1 aliphatic carbocycles. The summed E-state index contributed by atoms with van der Waals surface area (Å²) >= 11 is 0. The summed E-state index contributed by atoms with van der Waals surface area (Å²) in [4.78, 5) is 0. The van der Waals surface area contributed by atoms with Crippen LogP contribution in [0.25, 0.3) is 0 Å². The van der Waals surface area contributed by atoms with Gasteiger partial charge in [-0.2, -0.15) is 0 Å². The maximum absolute atomic E-state index is 4.01. The lowest BCUT2D eigenvalue weighted by atomic mass is 9.62. The number of allylic oxidation sites excluding steroid dienone is 1. The second kappa shape index (κ2) is 4.51. The van der Waals surface area contributed by atoms with Gasteiger partial charge in [0.2, 0.25) is 0 Å². The molecule has 82 valence electrons. The Morgan fingerprint density at radius 3 is 2.57 bits per heavy atom. The maximum Gasteiger partial charge on any atom is -0.0323 e.